The number of carbonyl (C=O) groups excluding carboxylic acids is 2. The molecule has 4 rings (SSSR count). The predicted octanol–water partition coefficient (Wildman–Crippen LogP) is 5.20. The van der Waals surface area contributed by atoms with Gasteiger partial charge in [-0.2, -0.15) is 0 Å². The second-order valence-electron chi connectivity index (χ2n) is 10.9. The molecular weight excluding hydrogens is 484 g/mol. The normalized spacial score (nSPS) is 21.6. The van der Waals surface area contributed by atoms with Crippen molar-refractivity contribution in [2.45, 2.75) is 51.0 Å². The molecule has 2 amide bonds. The van der Waals surface area contributed by atoms with Gasteiger partial charge >= 0.3 is 0 Å². The third-order valence-electron chi connectivity index (χ3n) is 7.68. The van der Waals surface area contributed by atoms with E-state index in [-0.39, 0.29) is 29.2 Å². The van der Waals surface area contributed by atoms with Crippen molar-refractivity contribution in [3.63, 3.8) is 0 Å². The first kappa shape index (κ1) is 26.6. The van der Waals surface area contributed by atoms with Crippen LogP contribution in [0.15, 0.2) is 36.4 Å². The Bertz CT molecular complexity index is 1140. The molecule has 0 aromatic heterocycles. The number of hydrogen-bond acceptors (Lipinski definition) is 3. The summed E-state index contributed by atoms with van der Waals surface area (Å²) in [6.07, 6.45) is 1.45. The molecule has 2 aromatic carbocycles. The van der Waals surface area contributed by atoms with E-state index in [9.17, 15) is 18.4 Å². The van der Waals surface area contributed by atoms with Crippen molar-refractivity contribution < 1.29 is 18.4 Å². The Balaban J connectivity index is 1.52. The van der Waals surface area contributed by atoms with Gasteiger partial charge in [0.25, 0.3) is 5.91 Å². The van der Waals surface area contributed by atoms with E-state index in [1.54, 1.807) is 19.2 Å². The Morgan fingerprint density at radius 2 is 1.67 bits per heavy atom. The molecule has 1 N–H and O–H groups in total. The van der Waals surface area contributed by atoms with Gasteiger partial charge < -0.3 is 10.2 Å². The van der Waals surface area contributed by atoms with Crippen LogP contribution in [0.5, 0.6) is 0 Å². The molecule has 0 bridgehead atoms. The van der Waals surface area contributed by atoms with E-state index in [4.69, 9.17) is 11.6 Å². The smallest absolute Gasteiger partial charge is 0.251 e. The molecule has 2 aromatic rings. The van der Waals surface area contributed by atoms with Crippen molar-refractivity contribution in [1.29, 1.82) is 0 Å². The number of rotatable bonds is 4. The van der Waals surface area contributed by atoms with E-state index in [2.05, 4.69) is 31.0 Å². The van der Waals surface area contributed by atoms with Gasteiger partial charge in [-0.3, -0.25) is 14.5 Å². The average Bonchev–Trinajstić information content (AvgIpc) is 3.29. The van der Waals surface area contributed by atoms with Gasteiger partial charge in [0.05, 0.1) is 5.92 Å². The van der Waals surface area contributed by atoms with E-state index in [1.807, 2.05) is 11.0 Å². The van der Waals surface area contributed by atoms with Gasteiger partial charge in [0.15, 0.2) is 0 Å². The van der Waals surface area contributed by atoms with Crippen molar-refractivity contribution in [3.05, 3.63) is 69.7 Å². The minimum atomic E-state index is -0.620. The number of hydrogen-bond donors (Lipinski definition) is 1. The van der Waals surface area contributed by atoms with Gasteiger partial charge in [-0.15, -0.1) is 0 Å². The van der Waals surface area contributed by atoms with E-state index < -0.39 is 17.6 Å². The summed E-state index contributed by atoms with van der Waals surface area (Å²) in [5, 5.41) is 3.18. The quantitative estimate of drug-likeness (QED) is 0.606. The molecule has 0 saturated carbocycles. The van der Waals surface area contributed by atoms with Gasteiger partial charge in [-0.25, -0.2) is 8.78 Å². The summed E-state index contributed by atoms with van der Waals surface area (Å²) in [6.45, 7) is 8.44. The fourth-order valence-corrected chi connectivity index (χ4v) is 5.75. The predicted molar refractivity (Wildman–Crippen MR) is 137 cm³/mol. The zero-order valence-electron chi connectivity index (χ0n) is 21.3. The SMILES string of the molecule is CNC(=O)c1cc(Cl)ccc1C1CCN(C(=O)C2CN(C(C)(C)C)CC2c2ccc(F)cc2F)CC1. The number of nitrogens with zero attached hydrogens (tertiary/aromatic N) is 2. The van der Waals surface area contributed by atoms with Crippen molar-refractivity contribution in [2.75, 3.05) is 33.2 Å². The first-order valence-electron chi connectivity index (χ1n) is 12.5. The minimum Gasteiger partial charge on any atom is -0.355 e. The molecule has 36 heavy (non-hydrogen) atoms. The highest BCUT2D eigenvalue weighted by Gasteiger charge is 2.44. The highest BCUT2D eigenvalue weighted by molar-refractivity contribution is 6.31. The van der Waals surface area contributed by atoms with Crippen molar-refractivity contribution in [1.82, 2.24) is 15.1 Å². The molecule has 0 radical (unpaired) electrons. The number of nitrogens with one attached hydrogen (secondary N) is 1. The Hall–Kier alpha value is -2.51. The molecular formula is C28H34ClF2N3O2. The number of benzene rings is 2. The first-order valence-corrected chi connectivity index (χ1v) is 12.9. The third-order valence-corrected chi connectivity index (χ3v) is 7.92. The molecule has 8 heteroatoms. The Kier molecular flexibility index (Phi) is 7.72. The van der Waals surface area contributed by atoms with Gasteiger partial charge in [0, 0.05) is 61.3 Å². The maximum Gasteiger partial charge on any atom is 0.251 e. The van der Waals surface area contributed by atoms with Crippen LogP contribution in [0, 0.1) is 17.6 Å². The molecule has 5 nitrogen and oxygen atoms in total. The number of piperidine rings is 1. The van der Waals surface area contributed by atoms with Crippen molar-refractivity contribution >= 4 is 23.4 Å². The summed E-state index contributed by atoms with van der Waals surface area (Å²) in [5.41, 5.74) is 1.73. The fraction of sp³-hybridized carbons (Fsp3) is 0.500. The zero-order valence-corrected chi connectivity index (χ0v) is 22.0. The summed E-state index contributed by atoms with van der Waals surface area (Å²) < 4.78 is 28.4. The third kappa shape index (κ3) is 5.42. The van der Waals surface area contributed by atoms with Crippen LogP contribution < -0.4 is 5.32 Å². The lowest BCUT2D eigenvalue weighted by molar-refractivity contribution is -0.136. The van der Waals surface area contributed by atoms with E-state index in [1.165, 1.54) is 12.1 Å². The van der Waals surface area contributed by atoms with E-state index in [0.29, 0.717) is 42.3 Å². The largest absolute Gasteiger partial charge is 0.355 e. The van der Waals surface area contributed by atoms with Crippen LogP contribution in [0.2, 0.25) is 5.02 Å². The lowest BCUT2D eigenvalue weighted by atomic mass is 9.84. The molecule has 2 aliphatic rings. The fourth-order valence-electron chi connectivity index (χ4n) is 5.58. The van der Waals surface area contributed by atoms with E-state index >= 15 is 0 Å². The van der Waals surface area contributed by atoms with Crippen LogP contribution in [0.4, 0.5) is 8.78 Å². The highest BCUT2D eigenvalue weighted by atomic mass is 35.5. The maximum atomic E-state index is 14.8. The summed E-state index contributed by atoms with van der Waals surface area (Å²) in [7, 11) is 1.59. The molecule has 194 valence electrons. The molecule has 2 saturated heterocycles. The molecule has 0 spiro atoms. The van der Waals surface area contributed by atoms with Crippen molar-refractivity contribution in [2.24, 2.45) is 5.92 Å². The second kappa shape index (κ2) is 10.5. The zero-order chi connectivity index (χ0) is 26.2. The molecule has 2 aliphatic heterocycles. The Labute approximate surface area is 216 Å². The standard InChI is InChI=1S/C28H34ClF2N3O2/c1-28(2,3)34-15-23(21-8-6-19(30)14-25(21)31)24(16-34)27(36)33-11-9-17(10-12-33)20-7-5-18(29)13-22(20)26(35)32-4/h5-8,13-14,17,23-24H,9-12,15-16H2,1-4H3,(H,32,35). The summed E-state index contributed by atoms with van der Waals surface area (Å²) in [5.74, 6) is -2.00. The summed E-state index contributed by atoms with van der Waals surface area (Å²) in [6, 6.07) is 9.03. The molecule has 2 unspecified atom stereocenters. The summed E-state index contributed by atoms with van der Waals surface area (Å²) >= 11 is 6.14. The molecule has 2 fully saturated rings. The van der Waals surface area contributed by atoms with Gasteiger partial charge in [0.2, 0.25) is 5.91 Å². The maximum absolute atomic E-state index is 14.8. The topological polar surface area (TPSA) is 52.7 Å². The summed E-state index contributed by atoms with van der Waals surface area (Å²) in [4.78, 5) is 30.3. The van der Waals surface area contributed by atoms with Crippen LogP contribution in [-0.4, -0.2) is 60.4 Å². The number of halogens is 3. The number of amides is 2. The monoisotopic (exact) mass is 517 g/mol. The second-order valence-corrected chi connectivity index (χ2v) is 11.3. The lowest BCUT2D eigenvalue weighted by Gasteiger charge is -2.35. The van der Waals surface area contributed by atoms with E-state index in [0.717, 1.165) is 24.5 Å². The molecule has 0 aliphatic carbocycles. The van der Waals surface area contributed by atoms with Crippen LogP contribution in [-0.2, 0) is 4.79 Å². The van der Waals surface area contributed by atoms with Crippen LogP contribution in [0.25, 0.3) is 0 Å². The average molecular weight is 518 g/mol. The Morgan fingerprint density at radius 1 is 1.00 bits per heavy atom. The van der Waals surface area contributed by atoms with Crippen LogP contribution in [0.3, 0.4) is 0 Å². The highest BCUT2D eigenvalue weighted by Crippen LogP contribution is 2.40. The number of likely N-dealkylation sites (tertiary alicyclic amines) is 2. The molecule has 2 atom stereocenters. The number of carbonyl (C=O) groups is 2. The van der Waals surface area contributed by atoms with Gasteiger partial charge in [-0.1, -0.05) is 23.7 Å². The van der Waals surface area contributed by atoms with Crippen molar-refractivity contribution in [3.8, 4) is 0 Å². The van der Waals surface area contributed by atoms with Gasteiger partial charge in [0.1, 0.15) is 11.6 Å². The molecule has 2 heterocycles. The first-order chi connectivity index (χ1) is 17.0. The Morgan fingerprint density at radius 3 is 2.28 bits per heavy atom. The minimum absolute atomic E-state index is 0.0107. The lowest BCUT2D eigenvalue weighted by Crippen LogP contribution is -2.44. The van der Waals surface area contributed by atoms with Crippen LogP contribution >= 0.6 is 11.6 Å². The van der Waals surface area contributed by atoms with Crippen LogP contribution in [0.1, 0.15) is 66.9 Å². The van der Waals surface area contributed by atoms with Gasteiger partial charge in [-0.05, 0) is 68.9 Å².